The first kappa shape index (κ1) is 12.6. The summed E-state index contributed by atoms with van der Waals surface area (Å²) in [6.07, 6.45) is 1.96. The molecule has 2 heterocycles. The molecule has 0 unspecified atom stereocenters. The van der Waals surface area contributed by atoms with Gasteiger partial charge in [0.1, 0.15) is 5.69 Å². The summed E-state index contributed by atoms with van der Waals surface area (Å²) in [6.45, 7) is 7.48. The van der Waals surface area contributed by atoms with E-state index in [1.165, 1.54) is 0 Å². The van der Waals surface area contributed by atoms with Crippen LogP contribution in [0.3, 0.4) is 0 Å². The maximum atomic E-state index is 12.5. The lowest BCUT2D eigenvalue weighted by Gasteiger charge is -2.34. The van der Waals surface area contributed by atoms with Gasteiger partial charge in [0.05, 0.1) is 0 Å². The number of aromatic nitrogens is 1. The van der Waals surface area contributed by atoms with Gasteiger partial charge in [0.25, 0.3) is 5.91 Å². The summed E-state index contributed by atoms with van der Waals surface area (Å²) in [7, 11) is 0. The van der Waals surface area contributed by atoms with Crippen LogP contribution >= 0.6 is 15.9 Å². The third kappa shape index (κ3) is 2.55. The largest absolute Gasteiger partial charge is 0.343 e. The van der Waals surface area contributed by atoms with Gasteiger partial charge in [-0.2, -0.15) is 0 Å². The van der Waals surface area contributed by atoms with Crippen LogP contribution in [0.15, 0.2) is 16.7 Å². The molecule has 1 atom stereocenters. The van der Waals surface area contributed by atoms with Crippen molar-refractivity contribution in [3.8, 4) is 0 Å². The third-order valence-corrected chi connectivity index (χ3v) is 3.62. The average Bonchev–Trinajstić information content (AvgIpc) is 2.70. The molecule has 0 aliphatic carbocycles. The van der Waals surface area contributed by atoms with Gasteiger partial charge in [0, 0.05) is 42.9 Å². The Morgan fingerprint density at radius 3 is 3.06 bits per heavy atom. The van der Waals surface area contributed by atoms with Crippen LogP contribution in [0.1, 0.15) is 24.3 Å². The van der Waals surface area contributed by atoms with Crippen molar-refractivity contribution < 1.29 is 4.79 Å². The second kappa shape index (κ2) is 5.23. The van der Waals surface area contributed by atoms with Gasteiger partial charge >= 0.3 is 0 Å². The van der Waals surface area contributed by atoms with E-state index in [9.17, 15) is 4.79 Å². The first-order valence-corrected chi connectivity index (χ1v) is 6.80. The normalized spacial score (nSPS) is 20.6. The highest BCUT2D eigenvalue weighted by Crippen LogP contribution is 2.18. The maximum absolute atomic E-state index is 12.5. The predicted octanol–water partition coefficient (Wildman–Crippen LogP) is 1.70. The number of aryl methyl sites for hydroxylation is 1. The van der Waals surface area contributed by atoms with Crippen LogP contribution in [-0.2, 0) is 6.54 Å². The van der Waals surface area contributed by atoms with E-state index in [4.69, 9.17) is 0 Å². The van der Waals surface area contributed by atoms with Crippen LogP contribution in [-0.4, -0.2) is 41.1 Å². The van der Waals surface area contributed by atoms with Gasteiger partial charge < -0.3 is 14.8 Å². The fourth-order valence-corrected chi connectivity index (χ4v) is 2.67. The third-order valence-electron chi connectivity index (χ3n) is 3.19. The summed E-state index contributed by atoms with van der Waals surface area (Å²) >= 11 is 3.43. The highest BCUT2D eigenvalue weighted by atomic mass is 79.9. The van der Waals surface area contributed by atoms with E-state index in [0.29, 0.717) is 0 Å². The summed E-state index contributed by atoms with van der Waals surface area (Å²) in [5, 5.41) is 3.29. The quantitative estimate of drug-likeness (QED) is 0.903. The fraction of sp³-hybridized carbons (Fsp3) is 0.583. The lowest BCUT2D eigenvalue weighted by Crippen LogP contribution is -2.52. The number of hydrogen-bond donors (Lipinski definition) is 1. The number of rotatable bonds is 2. The molecule has 0 spiro atoms. The van der Waals surface area contributed by atoms with Gasteiger partial charge in [-0.1, -0.05) is 0 Å². The topological polar surface area (TPSA) is 37.3 Å². The minimum absolute atomic E-state index is 0.131. The van der Waals surface area contributed by atoms with Crippen molar-refractivity contribution in [2.75, 3.05) is 19.6 Å². The van der Waals surface area contributed by atoms with Crippen molar-refractivity contribution in [3.05, 3.63) is 22.4 Å². The highest BCUT2D eigenvalue weighted by Gasteiger charge is 2.26. The Labute approximate surface area is 110 Å². The van der Waals surface area contributed by atoms with Crippen LogP contribution in [0, 0.1) is 0 Å². The zero-order valence-electron chi connectivity index (χ0n) is 10.2. The molecule has 4 nitrogen and oxygen atoms in total. The molecule has 5 heteroatoms. The van der Waals surface area contributed by atoms with Crippen LogP contribution < -0.4 is 5.32 Å². The number of nitrogens with zero attached hydrogens (tertiary/aromatic N) is 2. The van der Waals surface area contributed by atoms with Crippen molar-refractivity contribution in [1.29, 1.82) is 0 Å². The van der Waals surface area contributed by atoms with Gasteiger partial charge in [-0.25, -0.2) is 0 Å². The van der Waals surface area contributed by atoms with E-state index >= 15 is 0 Å². The first-order valence-electron chi connectivity index (χ1n) is 6.01. The van der Waals surface area contributed by atoms with E-state index in [1.807, 2.05) is 28.7 Å². The molecule has 1 fully saturated rings. The minimum Gasteiger partial charge on any atom is -0.343 e. The molecule has 0 aromatic carbocycles. The van der Waals surface area contributed by atoms with Crippen LogP contribution in [0.25, 0.3) is 0 Å². The van der Waals surface area contributed by atoms with Crippen molar-refractivity contribution in [1.82, 2.24) is 14.8 Å². The van der Waals surface area contributed by atoms with Crippen molar-refractivity contribution in [2.45, 2.75) is 26.4 Å². The Kier molecular flexibility index (Phi) is 3.89. The number of piperazine rings is 1. The van der Waals surface area contributed by atoms with Crippen LogP contribution in [0.5, 0.6) is 0 Å². The van der Waals surface area contributed by atoms with E-state index < -0.39 is 0 Å². The molecule has 2 rings (SSSR count). The van der Waals surface area contributed by atoms with Gasteiger partial charge in [-0.05, 0) is 35.8 Å². The number of hydrogen-bond acceptors (Lipinski definition) is 2. The Balaban J connectivity index is 2.23. The van der Waals surface area contributed by atoms with Gasteiger partial charge in [-0.15, -0.1) is 0 Å². The molecular weight excluding hydrogens is 282 g/mol. The molecule has 94 valence electrons. The summed E-state index contributed by atoms with van der Waals surface area (Å²) in [4.78, 5) is 14.4. The lowest BCUT2D eigenvalue weighted by molar-refractivity contribution is 0.0645. The molecule has 0 radical (unpaired) electrons. The van der Waals surface area contributed by atoms with Crippen molar-refractivity contribution in [2.24, 2.45) is 0 Å². The lowest BCUT2D eigenvalue weighted by atomic mass is 10.2. The number of nitrogens with one attached hydrogen (secondary N) is 1. The van der Waals surface area contributed by atoms with Gasteiger partial charge in [-0.3, -0.25) is 4.79 Å². The second-order valence-electron chi connectivity index (χ2n) is 4.38. The highest BCUT2D eigenvalue weighted by molar-refractivity contribution is 9.10. The van der Waals surface area contributed by atoms with E-state index in [2.05, 4.69) is 28.2 Å². The predicted molar refractivity (Wildman–Crippen MR) is 71.2 cm³/mol. The molecule has 1 N–H and O–H groups in total. The zero-order chi connectivity index (χ0) is 12.4. The number of amides is 1. The van der Waals surface area contributed by atoms with Crippen molar-refractivity contribution in [3.63, 3.8) is 0 Å². The molecular formula is C12H18BrN3O. The van der Waals surface area contributed by atoms with E-state index in [1.54, 1.807) is 0 Å². The smallest absolute Gasteiger partial charge is 0.270 e. The minimum atomic E-state index is 0.131. The molecule has 1 amide bonds. The molecule has 0 saturated carbocycles. The van der Waals surface area contributed by atoms with Gasteiger partial charge in [0.2, 0.25) is 0 Å². The van der Waals surface area contributed by atoms with E-state index in [0.717, 1.165) is 36.3 Å². The molecule has 0 bridgehead atoms. The van der Waals surface area contributed by atoms with Crippen LogP contribution in [0.2, 0.25) is 0 Å². The second-order valence-corrected chi connectivity index (χ2v) is 5.30. The molecule has 1 aliphatic heterocycles. The number of halogens is 1. The molecule has 1 saturated heterocycles. The zero-order valence-corrected chi connectivity index (χ0v) is 11.8. The Hall–Kier alpha value is -0.810. The van der Waals surface area contributed by atoms with E-state index in [-0.39, 0.29) is 11.9 Å². The SMILES string of the molecule is CCn1cc(Br)cc1C(=O)N1CCNC[C@H]1C. The summed E-state index contributed by atoms with van der Waals surface area (Å²) in [5.74, 6) is 0.131. The standard InChI is InChI=1S/C12H18BrN3O/c1-3-15-8-10(13)6-11(15)12(17)16-5-4-14-7-9(16)2/h6,8-9,14H,3-5,7H2,1-2H3/t9-/m1/s1. The number of carbonyl (C=O) groups is 1. The maximum Gasteiger partial charge on any atom is 0.270 e. The number of carbonyl (C=O) groups excluding carboxylic acids is 1. The Morgan fingerprint density at radius 1 is 1.65 bits per heavy atom. The summed E-state index contributed by atoms with van der Waals surface area (Å²) in [6, 6.07) is 2.16. The van der Waals surface area contributed by atoms with Crippen LogP contribution in [0.4, 0.5) is 0 Å². The summed E-state index contributed by atoms with van der Waals surface area (Å²) in [5.41, 5.74) is 0.771. The molecule has 1 aromatic rings. The first-order chi connectivity index (χ1) is 8.13. The van der Waals surface area contributed by atoms with Crippen molar-refractivity contribution >= 4 is 21.8 Å². The average molecular weight is 300 g/mol. The Morgan fingerprint density at radius 2 is 2.41 bits per heavy atom. The fourth-order valence-electron chi connectivity index (χ4n) is 2.21. The molecule has 1 aliphatic rings. The Bertz CT molecular complexity index is 416. The summed E-state index contributed by atoms with van der Waals surface area (Å²) < 4.78 is 2.95. The molecule has 1 aromatic heterocycles. The van der Waals surface area contributed by atoms with Gasteiger partial charge in [0.15, 0.2) is 0 Å². The molecule has 17 heavy (non-hydrogen) atoms. The monoisotopic (exact) mass is 299 g/mol.